The lowest BCUT2D eigenvalue weighted by Gasteiger charge is -2.66. The van der Waals surface area contributed by atoms with Gasteiger partial charge in [-0.15, -0.1) is 0 Å². The van der Waals surface area contributed by atoms with Crippen molar-refractivity contribution in [3.8, 4) is 0 Å². The number of hydrogen-bond donors (Lipinski definition) is 4. The maximum atomic E-state index is 14.3. The summed E-state index contributed by atoms with van der Waals surface area (Å²) in [6, 6.07) is 2.53. The van der Waals surface area contributed by atoms with Crippen LogP contribution in [0.25, 0.3) is 11.2 Å². The van der Waals surface area contributed by atoms with E-state index in [0.717, 1.165) is 25.7 Å². The highest BCUT2D eigenvalue weighted by Crippen LogP contribution is 2.71. The topological polar surface area (TPSA) is 131 Å². The third-order valence-corrected chi connectivity index (χ3v) is 11.5. The number of carboxylic acid groups (broad SMARTS) is 1. The van der Waals surface area contributed by atoms with Crippen molar-refractivity contribution in [1.29, 1.82) is 0 Å². The van der Waals surface area contributed by atoms with Crippen LogP contribution in [0.1, 0.15) is 75.3 Å². The number of piperidine rings is 1. The predicted octanol–water partition coefficient (Wildman–Crippen LogP) is 5.10. The van der Waals surface area contributed by atoms with E-state index in [4.69, 9.17) is 0 Å². The lowest BCUT2D eigenvalue weighted by Crippen LogP contribution is -2.73. The van der Waals surface area contributed by atoms with Crippen molar-refractivity contribution in [1.82, 2.24) is 25.2 Å². The van der Waals surface area contributed by atoms with Gasteiger partial charge in [-0.3, -0.25) is 4.79 Å². The Labute approximate surface area is 246 Å². The summed E-state index contributed by atoms with van der Waals surface area (Å²) in [5, 5.41) is 22.9. The molecule has 2 aromatic rings. The first kappa shape index (κ1) is 27.6. The summed E-state index contributed by atoms with van der Waals surface area (Å²) in [5.41, 5.74) is -4.56. The van der Waals surface area contributed by atoms with E-state index in [1.54, 1.807) is 28.7 Å². The minimum atomic E-state index is -4.93. The SMILES string of the molecule is O=C(O)NC(c1nc2nc(C3(I)CC(O)(C(F)(F)F)CCN3C(=O)C34CC(F)(C3)C4)ccc2[nH]1)C(C1CC1)C1CC1. The predicted molar refractivity (Wildman–Crippen MR) is 145 cm³/mol. The Bertz CT molecular complexity index is 1410. The molecule has 6 aliphatic rings. The van der Waals surface area contributed by atoms with Crippen LogP contribution in [0.5, 0.6) is 0 Å². The first-order valence-electron chi connectivity index (χ1n) is 14.0. The maximum absolute atomic E-state index is 14.3. The van der Waals surface area contributed by atoms with E-state index in [9.17, 15) is 37.4 Å². The lowest BCUT2D eigenvalue weighted by atomic mass is 9.41. The monoisotopic (exact) mass is 691 g/mol. The third kappa shape index (κ3) is 4.32. The molecular weight excluding hydrogens is 661 g/mol. The highest BCUT2D eigenvalue weighted by Gasteiger charge is 2.75. The number of pyridine rings is 1. The molecule has 14 heteroatoms. The number of aromatic nitrogens is 3. The second-order valence-electron chi connectivity index (χ2n) is 13.0. The van der Waals surface area contributed by atoms with E-state index in [-0.39, 0.29) is 43.1 Å². The molecule has 0 spiro atoms. The van der Waals surface area contributed by atoms with Gasteiger partial charge in [0.1, 0.15) is 15.0 Å². The summed E-state index contributed by atoms with van der Waals surface area (Å²) in [5.74, 6) is 0.862. The van der Waals surface area contributed by atoms with Gasteiger partial charge in [0.2, 0.25) is 5.91 Å². The minimum Gasteiger partial charge on any atom is -0.465 e. The van der Waals surface area contributed by atoms with Crippen LogP contribution in [-0.4, -0.2) is 66.1 Å². The number of nitrogens with zero attached hydrogens (tertiary/aromatic N) is 3. The van der Waals surface area contributed by atoms with Gasteiger partial charge >= 0.3 is 12.3 Å². The zero-order valence-corrected chi connectivity index (χ0v) is 24.1. The number of nitrogens with one attached hydrogen (secondary N) is 2. The number of carbonyl (C=O) groups is 2. The number of likely N-dealkylation sites (tertiary alicyclic amines) is 1. The van der Waals surface area contributed by atoms with Crippen LogP contribution in [0, 0.1) is 23.2 Å². The van der Waals surface area contributed by atoms with E-state index in [1.165, 1.54) is 11.0 Å². The number of carbonyl (C=O) groups excluding carboxylic acids is 1. The Kier molecular flexibility index (Phi) is 5.83. The van der Waals surface area contributed by atoms with Gasteiger partial charge in [-0.05, 0) is 97.4 Å². The fraction of sp³-hybridized carbons (Fsp3) is 0.704. The van der Waals surface area contributed by atoms with Crippen molar-refractivity contribution in [3.63, 3.8) is 0 Å². The fourth-order valence-corrected chi connectivity index (χ4v) is 8.99. The molecule has 2 bridgehead atoms. The van der Waals surface area contributed by atoms with Crippen molar-refractivity contribution in [2.45, 2.75) is 84.8 Å². The quantitative estimate of drug-likeness (QED) is 0.138. The number of alkyl halides is 5. The molecule has 1 aliphatic heterocycles. The molecule has 1 saturated heterocycles. The number of aromatic amines is 1. The van der Waals surface area contributed by atoms with E-state index in [2.05, 4.69) is 20.3 Å². The van der Waals surface area contributed by atoms with Crippen LogP contribution in [0.15, 0.2) is 12.1 Å². The smallest absolute Gasteiger partial charge is 0.417 e. The van der Waals surface area contributed by atoms with Gasteiger partial charge in [-0.1, -0.05) is 0 Å². The summed E-state index contributed by atoms with van der Waals surface area (Å²) in [7, 11) is 0. The highest BCUT2D eigenvalue weighted by atomic mass is 127. The first-order valence-corrected chi connectivity index (χ1v) is 15.1. The summed E-state index contributed by atoms with van der Waals surface area (Å²) in [6.07, 6.45) is -3.36. The van der Waals surface area contributed by atoms with Crippen molar-refractivity contribution in [2.75, 3.05) is 6.54 Å². The van der Waals surface area contributed by atoms with Crippen LogP contribution >= 0.6 is 22.6 Å². The Hall–Kier alpha value is -2.23. The van der Waals surface area contributed by atoms with E-state index < -0.39 is 57.3 Å². The van der Waals surface area contributed by atoms with Gasteiger partial charge in [0.25, 0.3) is 0 Å². The fourth-order valence-electron chi connectivity index (χ4n) is 7.60. The molecule has 3 unspecified atom stereocenters. The van der Waals surface area contributed by atoms with Crippen LogP contribution in [0.3, 0.4) is 0 Å². The molecule has 2 amide bonds. The van der Waals surface area contributed by atoms with E-state index in [1.807, 2.05) is 0 Å². The number of H-pyrrole nitrogens is 1. The summed E-state index contributed by atoms with van der Waals surface area (Å²) >= 11 is 1.77. The molecule has 0 aromatic carbocycles. The third-order valence-electron chi connectivity index (χ3n) is 9.94. The van der Waals surface area contributed by atoms with Crippen LogP contribution in [-0.2, 0) is 8.34 Å². The van der Waals surface area contributed by atoms with Crippen LogP contribution in [0.2, 0.25) is 0 Å². The van der Waals surface area contributed by atoms with Crippen molar-refractivity contribution >= 4 is 45.8 Å². The van der Waals surface area contributed by atoms with Crippen LogP contribution in [0.4, 0.5) is 22.4 Å². The molecular formula is C27H30F4IN5O4. The average Bonchev–Trinajstić information content (AvgIpc) is 3.78. The van der Waals surface area contributed by atoms with Crippen molar-refractivity contribution < 1.29 is 37.4 Å². The molecule has 41 heavy (non-hydrogen) atoms. The Morgan fingerprint density at radius 2 is 1.73 bits per heavy atom. The number of aliphatic hydroxyl groups is 1. The lowest BCUT2D eigenvalue weighted by molar-refractivity contribution is -0.281. The summed E-state index contributed by atoms with van der Waals surface area (Å²) in [4.78, 5) is 39.1. The zero-order chi connectivity index (χ0) is 29.2. The molecule has 3 atom stereocenters. The molecule has 222 valence electrons. The van der Waals surface area contributed by atoms with E-state index in [0.29, 0.717) is 23.2 Å². The number of rotatable bonds is 7. The molecule has 6 fully saturated rings. The average molecular weight is 691 g/mol. The second kappa shape index (κ2) is 8.66. The molecule has 5 aliphatic carbocycles. The molecule has 4 N–H and O–H groups in total. The van der Waals surface area contributed by atoms with Gasteiger partial charge in [0.05, 0.1) is 22.7 Å². The number of imidazole rings is 1. The largest absolute Gasteiger partial charge is 0.465 e. The summed E-state index contributed by atoms with van der Waals surface area (Å²) < 4.78 is 54.8. The van der Waals surface area contributed by atoms with Gasteiger partial charge in [-0.2, -0.15) is 13.2 Å². The molecule has 5 saturated carbocycles. The maximum Gasteiger partial charge on any atom is 0.417 e. The molecule has 9 nitrogen and oxygen atoms in total. The summed E-state index contributed by atoms with van der Waals surface area (Å²) in [6.45, 7) is -0.362. The minimum absolute atomic E-state index is 0.0574. The number of hydrogen-bond acceptors (Lipinski definition) is 5. The van der Waals surface area contributed by atoms with Gasteiger partial charge in [0.15, 0.2) is 11.2 Å². The molecule has 8 rings (SSSR count). The highest BCUT2D eigenvalue weighted by molar-refractivity contribution is 14.1. The van der Waals surface area contributed by atoms with E-state index >= 15 is 0 Å². The van der Waals surface area contributed by atoms with Gasteiger partial charge in [0, 0.05) is 19.4 Å². The molecule has 3 heterocycles. The first-order chi connectivity index (χ1) is 19.2. The number of fused-ring (bicyclic) bond motifs is 1. The van der Waals surface area contributed by atoms with Gasteiger partial charge in [-0.25, -0.2) is 19.2 Å². The van der Waals surface area contributed by atoms with Gasteiger partial charge < -0.3 is 25.4 Å². The standard InChI is InChI=1S/C27H30F4IN5O4/c28-24-9-23(10-24,11-24)21(38)37-8-7-25(41,27(29,30)31)12-26(37,32)16-6-5-15-19(34-16)36-20(33-15)18(35-22(39)40)17(13-1-2-13)14-3-4-14/h5-6,13-14,17-18,35,41H,1-4,7-12H2,(H,39,40)(H,33,34,36). The Balaban J connectivity index is 1.26. The number of amides is 2. The molecule has 0 radical (unpaired) electrons. The molecule has 2 aromatic heterocycles. The Morgan fingerprint density at radius 1 is 1.10 bits per heavy atom. The van der Waals surface area contributed by atoms with Crippen LogP contribution < -0.4 is 5.32 Å². The number of halogens is 5. The second-order valence-corrected chi connectivity index (χ2v) is 14.8. The zero-order valence-electron chi connectivity index (χ0n) is 22.0. The van der Waals surface area contributed by atoms with Crippen molar-refractivity contribution in [2.24, 2.45) is 23.2 Å². The normalized spacial score (nSPS) is 35.6. The Morgan fingerprint density at radius 3 is 2.27 bits per heavy atom. The van der Waals surface area contributed by atoms with Crippen molar-refractivity contribution in [3.05, 3.63) is 23.7 Å².